The van der Waals surface area contributed by atoms with Crippen LogP contribution in [-0.4, -0.2) is 49.7 Å². The van der Waals surface area contributed by atoms with Gasteiger partial charge in [0, 0.05) is 19.5 Å². The number of halogens is 3. The fourth-order valence-corrected chi connectivity index (χ4v) is 2.32. The molecule has 19 heavy (non-hydrogen) atoms. The second-order valence-electron chi connectivity index (χ2n) is 5.01. The number of carbonyl (C=O) groups is 1. The Kier molecular flexibility index (Phi) is 6.57. The Morgan fingerprint density at radius 2 is 1.95 bits per heavy atom. The lowest BCUT2D eigenvalue weighted by atomic mass is 9.93. The fourth-order valence-electron chi connectivity index (χ4n) is 2.32. The van der Waals surface area contributed by atoms with Gasteiger partial charge in [-0.05, 0) is 38.3 Å². The molecule has 0 aromatic carbocycles. The van der Waals surface area contributed by atoms with Gasteiger partial charge in [-0.3, -0.25) is 9.69 Å². The van der Waals surface area contributed by atoms with Gasteiger partial charge in [-0.15, -0.1) is 0 Å². The molecule has 112 valence electrons. The summed E-state index contributed by atoms with van der Waals surface area (Å²) < 4.78 is 36.6. The van der Waals surface area contributed by atoms with Gasteiger partial charge in [0.1, 0.15) is 0 Å². The number of carbonyl (C=O) groups excluding carboxylic acids is 1. The number of nitrogens with one attached hydrogen (secondary N) is 1. The molecule has 0 aliphatic carbocycles. The number of rotatable bonds is 6. The van der Waals surface area contributed by atoms with Crippen molar-refractivity contribution in [3.63, 3.8) is 0 Å². The quantitative estimate of drug-likeness (QED) is 0.767. The van der Waals surface area contributed by atoms with Gasteiger partial charge in [0.25, 0.3) is 0 Å². The Bertz CT molecular complexity index is 276. The van der Waals surface area contributed by atoms with Gasteiger partial charge >= 0.3 is 6.18 Å². The van der Waals surface area contributed by atoms with Crippen LogP contribution in [0.5, 0.6) is 0 Å². The van der Waals surface area contributed by atoms with Gasteiger partial charge in [0.2, 0.25) is 5.91 Å². The van der Waals surface area contributed by atoms with Crippen molar-refractivity contribution in [3.8, 4) is 0 Å². The van der Waals surface area contributed by atoms with E-state index in [-0.39, 0.29) is 5.91 Å². The molecule has 1 amide bonds. The summed E-state index contributed by atoms with van der Waals surface area (Å²) in [6, 6.07) is 0. The molecule has 0 spiro atoms. The second-order valence-corrected chi connectivity index (χ2v) is 5.01. The maximum Gasteiger partial charge on any atom is 0.401 e. The number of piperidine rings is 1. The summed E-state index contributed by atoms with van der Waals surface area (Å²) in [7, 11) is 0. The number of hydrogen-bond donors (Lipinski definition) is 2. The van der Waals surface area contributed by atoms with Crippen LogP contribution in [0.15, 0.2) is 0 Å². The lowest BCUT2D eigenvalue weighted by Gasteiger charge is -2.32. The minimum absolute atomic E-state index is 0.0583. The number of amides is 1. The zero-order chi connectivity index (χ0) is 14.3. The standard InChI is InChI=1S/C12H22F3N3O/c13-12(14,15)9-18-7-3-10(4-8-18)2-6-17-11(19)1-5-16/h10H,1-9,16H2,(H,17,19). The average molecular weight is 281 g/mol. The van der Waals surface area contributed by atoms with Crippen molar-refractivity contribution in [2.24, 2.45) is 11.7 Å². The number of hydrogen-bond acceptors (Lipinski definition) is 3. The van der Waals surface area contributed by atoms with E-state index in [0.29, 0.717) is 38.5 Å². The number of nitrogens with zero attached hydrogens (tertiary/aromatic N) is 1. The van der Waals surface area contributed by atoms with Crippen molar-refractivity contribution >= 4 is 5.91 Å². The first-order chi connectivity index (χ1) is 8.90. The van der Waals surface area contributed by atoms with E-state index in [0.717, 1.165) is 19.3 Å². The maximum atomic E-state index is 12.2. The summed E-state index contributed by atoms with van der Waals surface area (Å²) in [4.78, 5) is 12.6. The molecule has 0 radical (unpaired) electrons. The van der Waals surface area contributed by atoms with Crippen LogP contribution in [0, 0.1) is 5.92 Å². The van der Waals surface area contributed by atoms with Gasteiger partial charge < -0.3 is 11.1 Å². The third-order valence-electron chi connectivity index (χ3n) is 3.36. The van der Waals surface area contributed by atoms with Crippen molar-refractivity contribution in [2.75, 3.05) is 32.7 Å². The van der Waals surface area contributed by atoms with E-state index in [1.807, 2.05) is 0 Å². The van der Waals surface area contributed by atoms with E-state index in [2.05, 4.69) is 5.32 Å². The third-order valence-corrected chi connectivity index (χ3v) is 3.36. The van der Waals surface area contributed by atoms with Crippen molar-refractivity contribution < 1.29 is 18.0 Å². The molecule has 1 rings (SSSR count). The molecule has 0 unspecified atom stereocenters. The highest BCUT2D eigenvalue weighted by molar-refractivity contribution is 5.75. The second kappa shape index (κ2) is 7.69. The smallest absolute Gasteiger partial charge is 0.356 e. The molecular formula is C12H22F3N3O. The number of likely N-dealkylation sites (tertiary alicyclic amines) is 1. The van der Waals surface area contributed by atoms with Crippen LogP contribution in [0.3, 0.4) is 0 Å². The van der Waals surface area contributed by atoms with Crippen LogP contribution < -0.4 is 11.1 Å². The zero-order valence-corrected chi connectivity index (χ0v) is 11.0. The number of nitrogens with two attached hydrogens (primary N) is 1. The van der Waals surface area contributed by atoms with E-state index in [1.54, 1.807) is 0 Å². The Balaban J connectivity index is 2.11. The van der Waals surface area contributed by atoms with E-state index in [9.17, 15) is 18.0 Å². The van der Waals surface area contributed by atoms with Crippen molar-refractivity contribution in [2.45, 2.75) is 31.9 Å². The van der Waals surface area contributed by atoms with Crippen molar-refractivity contribution in [3.05, 3.63) is 0 Å². The summed E-state index contributed by atoms with van der Waals surface area (Å²) in [6.45, 7) is 1.08. The Morgan fingerprint density at radius 3 is 2.47 bits per heavy atom. The molecule has 0 atom stereocenters. The van der Waals surface area contributed by atoms with Gasteiger partial charge in [-0.1, -0.05) is 0 Å². The van der Waals surface area contributed by atoms with Crippen LogP contribution in [0.4, 0.5) is 13.2 Å². The molecule has 3 N–H and O–H groups in total. The fraction of sp³-hybridized carbons (Fsp3) is 0.917. The Labute approximate surface area is 111 Å². The van der Waals surface area contributed by atoms with Crippen LogP contribution >= 0.6 is 0 Å². The van der Waals surface area contributed by atoms with Crippen LogP contribution in [0.1, 0.15) is 25.7 Å². The summed E-state index contributed by atoms with van der Waals surface area (Å²) in [5.74, 6) is 0.347. The summed E-state index contributed by atoms with van der Waals surface area (Å²) in [5, 5.41) is 2.77. The highest BCUT2D eigenvalue weighted by Crippen LogP contribution is 2.23. The van der Waals surface area contributed by atoms with Crippen LogP contribution in [-0.2, 0) is 4.79 Å². The predicted octanol–water partition coefficient (Wildman–Crippen LogP) is 1.12. The van der Waals surface area contributed by atoms with E-state index in [1.165, 1.54) is 4.90 Å². The normalized spacial score (nSPS) is 18.5. The van der Waals surface area contributed by atoms with E-state index < -0.39 is 12.7 Å². The molecule has 1 fully saturated rings. The molecule has 0 saturated carbocycles. The van der Waals surface area contributed by atoms with Crippen molar-refractivity contribution in [1.82, 2.24) is 10.2 Å². The van der Waals surface area contributed by atoms with E-state index in [4.69, 9.17) is 5.73 Å². The molecule has 1 saturated heterocycles. The van der Waals surface area contributed by atoms with Gasteiger partial charge in [0.05, 0.1) is 6.54 Å². The minimum Gasteiger partial charge on any atom is -0.356 e. The molecule has 1 aliphatic heterocycles. The molecule has 0 aromatic rings. The monoisotopic (exact) mass is 281 g/mol. The molecule has 1 heterocycles. The third kappa shape index (κ3) is 7.37. The molecular weight excluding hydrogens is 259 g/mol. The molecule has 4 nitrogen and oxygen atoms in total. The van der Waals surface area contributed by atoms with Crippen molar-refractivity contribution in [1.29, 1.82) is 0 Å². The highest BCUT2D eigenvalue weighted by Gasteiger charge is 2.32. The van der Waals surface area contributed by atoms with Gasteiger partial charge in [-0.25, -0.2) is 0 Å². The minimum atomic E-state index is -4.11. The largest absolute Gasteiger partial charge is 0.401 e. The predicted molar refractivity (Wildman–Crippen MR) is 66.5 cm³/mol. The Morgan fingerprint density at radius 1 is 1.32 bits per heavy atom. The molecule has 7 heteroatoms. The first kappa shape index (κ1) is 16.2. The topological polar surface area (TPSA) is 58.4 Å². The van der Waals surface area contributed by atoms with Crippen LogP contribution in [0.2, 0.25) is 0 Å². The Hall–Kier alpha value is -0.820. The first-order valence-corrected chi connectivity index (χ1v) is 6.66. The summed E-state index contributed by atoms with van der Waals surface area (Å²) in [5.41, 5.74) is 5.25. The molecule has 0 bridgehead atoms. The van der Waals surface area contributed by atoms with Gasteiger partial charge in [0.15, 0.2) is 0 Å². The summed E-state index contributed by atoms with van der Waals surface area (Å²) >= 11 is 0. The average Bonchev–Trinajstić information content (AvgIpc) is 2.30. The summed E-state index contributed by atoms with van der Waals surface area (Å²) in [6.07, 6.45) is -1.42. The SMILES string of the molecule is NCCC(=O)NCCC1CCN(CC(F)(F)F)CC1. The lowest BCUT2D eigenvalue weighted by Crippen LogP contribution is -2.40. The zero-order valence-electron chi connectivity index (χ0n) is 11.0. The molecule has 1 aliphatic rings. The maximum absolute atomic E-state index is 12.2. The first-order valence-electron chi connectivity index (χ1n) is 6.66. The van der Waals surface area contributed by atoms with E-state index >= 15 is 0 Å². The number of alkyl halides is 3. The highest BCUT2D eigenvalue weighted by atomic mass is 19.4. The molecule has 0 aromatic heterocycles. The lowest BCUT2D eigenvalue weighted by molar-refractivity contribution is -0.148. The van der Waals surface area contributed by atoms with Crippen LogP contribution in [0.25, 0.3) is 0 Å². The van der Waals surface area contributed by atoms with Gasteiger partial charge in [-0.2, -0.15) is 13.2 Å².